The molecule has 0 bridgehead atoms. The largest absolute Gasteiger partial charge is 0.308 e. The Morgan fingerprint density at radius 3 is 2.88 bits per heavy atom. The van der Waals surface area contributed by atoms with Crippen molar-refractivity contribution in [3.63, 3.8) is 0 Å². The van der Waals surface area contributed by atoms with Crippen LogP contribution in [0.4, 0.5) is 0 Å². The first-order valence-corrected chi connectivity index (χ1v) is 6.30. The Labute approximate surface area is 102 Å². The topological polar surface area (TPSA) is 42.7 Å². The zero-order valence-electron chi connectivity index (χ0n) is 10.3. The van der Waals surface area contributed by atoms with Crippen molar-refractivity contribution in [1.82, 2.24) is 20.1 Å². The summed E-state index contributed by atoms with van der Waals surface area (Å²) in [5.74, 6) is 1.47. The molecule has 5 heteroatoms. The molecule has 0 aliphatic heterocycles. The third kappa shape index (κ3) is 4.10. The van der Waals surface area contributed by atoms with E-state index >= 15 is 0 Å². The van der Waals surface area contributed by atoms with Crippen LogP contribution in [0.2, 0.25) is 0 Å². The molecule has 1 rings (SSSR count). The molecule has 4 nitrogen and oxygen atoms in total. The summed E-state index contributed by atoms with van der Waals surface area (Å²) in [6.07, 6.45) is 2.67. The molecule has 1 aromatic rings. The molecule has 0 fully saturated rings. The first kappa shape index (κ1) is 13.5. The fourth-order valence-corrected chi connectivity index (χ4v) is 1.49. The van der Waals surface area contributed by atoms with Crippen molar-refractivity contribution >= 4 is 11.6 Å². The summed E-state index contributed by atoms with van der Waals surface area (Å²) in [7, 11) is 0. The number of halogens is 1. The van der Waals surface area contributed by atoms with E-state index in [2.05, 4.69) is 36.2 Å². The van der Waals surface area contributed by atoms with Crippen molar-refractivity contribution in [3.8, 4) is 0 Å². The van der Waals surface area contributed by atoms with Gasteiger partial charge in [-0.1, -0.05) is 20.8 Å². The van der Waals surface area contributed by atoms with Crippen molar-refractivity contribution in [2.45, 2.75) is 45.7 Å². The van der Waals surface area contributed by atoms with E-state index in [0.717, 1.165) is 31.9 Å². The second kappa shape index (κ2) is 6.86. The van der Waals surface area contributed by atoms with Crippen LogP contribution in [0.3, 0.4) is 0 Å². The monoisotopic (exact) mass is 244 g/mol. The van der Waals surface area contributed by atoms with Crippen molar-refractivity contribution in [1.29, 1.82) is 0 Å². The van der Waals surface area contributed by atoms with E-state index in [1.165, 1.54) is 0 Å². The minimum absolute atomic E-state index is 0.169. The molecular formula is C11H21ClN4. The molecule has 0 saturated carbocycles. The molecule has 1 aromatic heterocycles. The SMILES string of the molecule is CCCn1ncnc1CNCC(Cl)C(C)C. The summed E-state index contributed by atoms with van der Waals surface area (Å²) in [6.45, 7) is 8.84. The van der Waals surface area contributed by atoms with Crippen molar-refractivity contribution in [3.05, 3.63) is 12.2 Å². The zero-order chi connectivity index (χ0) is 12.0. The van der Waals surface area contributed by atoms with Gasteiger partial charge in [0.05, 0.1) is 6.54 Å². The number of nitrogens with one attached hydrogen (secondary N) is 1. The van der Waals surface area contributed by atoms with Crippen molar-refractivity contribution in [2.24, 2.45) is 5.92 Å². The maximum Gasteiger partial charge on any atom is 0.140 e. The average molecular weight is 245 g/mol. The molecule has 0 aliphatic rings. The first-order valence-electron chi connectivity index (χ1n) is 5.86. The van der Waals surface area contributed by atoms with Crippen LogP contribution in [0.5, 0.6) is 0 Å². The number of nitrogens with zero attached hydrogens (tertiary/aromatic N) is 3. The maximum absolute atomic E-state index is 6.15. The Morgan fingerprint density at radius 1 is 1.50 bits per heavy atom. The Balaban J connectivity index is 2.34. The van der Waals surface area contributed by atoms with Gasteiger partial charge in [-0.3, -0.25) is 0 Å². The Hall–Kier alpha value is -0.610. The van der Waals surface area contributed by atoms with E-state index in [1.54, 1.807) is 6.33 Å². The fourth-order valence-electron chi connectivity index (χ4n) is 1.38. The highest BCUT2D eigenvalue weighted by atomic mass is 35.5. The van der Waals surface area contributed by atoms with Gasteiger partial charge in [-0.15, -0.1) is 11.6 Å². The number of aryl methyl sites for hydroxylation is 1. The number of hydrogen-bond acceptors (Lipinski definition) is 3. The molecule has 0 aromatic carbocycles. The highest BCUT2D eigenvalue weighted by Crippen LogP contribution is 2.07. The van der Waals surface area contributed by atoms with Gasteiger partial charge >= 0.3 is 0 Å². The van der Waals surface area contributed by atoms with Gasteiger partial charge in [0.25, 0.3) is 0 Å². The van der Waals surface area contributed by atoms with Crippen molar-refractivity contribution < 1.29 is 0 Å². The molecule has 16 heavy (non-hydrogen) atoms. The van der Waals surface area contributed by atoms with Gasteiger partial charge in [-0.05, 0) is 12.3 Å². The van der Waals surface area contributed by atoms with Gasteiger partial charge in [-0.2, -0.15) is 5.10 Å². The molecule has 92 valence electrons. The van der Waals surface area contributed by atoms with Crippen LogP contribution in [0.1, 0.15) is 33.0 Å². The highest BCUT2D eigenvalue weighted by Gasteiger charge is 2.09. The fraction of sp³-hybridized carbons (Fsp3) is 0.818. The molecule has 1 unspecified atom stereocenters. The zero-order valence-corrected chi connectivity index (χ0v) is 11.0. The van der Waals surface area contributed by atoms with Crippen molar-refractivity contribution in [2.75, 3.05) is 6.54 Å². The van der Waals surface area contributed by atoms with E-state index in [-0.39, 0.29) is 5.38 Å². The van der Waals surface area contributed by atoms with Crippen LogP contribution in [0.25, 0.3) is 0 Å². The second-order valence-electron chi connectivity index (χ2n) is 4.29. The highest BCUT2D eigenvalue weighted by molar-refractivity contribution is 6.20. The number of alkyl halides is 1. The summed E-state index contributed by atoms with van der Waals surface area (Å²) in [4.78, 5) is 4.22. The van der Waals surface area contributed by atoms with Crippen LogP contribution in [-0.4, -0.2) is 26.7 Å². The van der Waals surface area contributed by atoms with E-state index in [0.29, 0.717) is 5.92 Å². The molecule has 0 amide bonds. The lowest BCUT2D eigenvalue weighted by Gasteiger charge is -2.13. The predicted octanol–water partition coefficient (Wildman–Crippen LogP) is 2.04. The van der Waals surface area contributed by atoms with Gasteiger partial charge in [0, 0.05) is 18.5 Å². The minimum atomic E-state index is 0.169. The third-order valence-electron chi connectivity index (χ3n) is 2.48. The molecule has 0 spiro atoms. The summed E-state index contributed by atoms with van der Waals surface area (Å²) >= 11 is 6.15. The minimum Gasteiger partial charge on any atom is -0.308 e. The van der Waals surface area contributed by atoms with Crippen LogP contribution < -0.4 is 5.32 Å². The molecule has 0 aliphatic carbocycles. The van der Waals surface area contributed by atoms with Crippen LogP contribution in [0, 0.1) is 5.92 Å². The normalized spacial score (nSPS) is 13.3. The van der Waals surface area contributed by atoms with Gasteiger partial charge in [0.15, 0.2) is 0 Å². The molecule has 1 atom stereocenters. The summed E-state index contributed by atoms with van der Waals surface area (Å²) in [6, 6.07) is 0. The third-order valence-corrected chi connectivity index (χ3v) is 3.14. The Bertz CT molecular complexity index is 298. The second-order valence-corrected chi connectivity index (χ2v) is 4.85. The quantitative estimate of drug-likeness (QED) is 0.747. The molecule has 0 saturated heterocycles. The molecule has 1 N–H and O–H groups in total. The smallest absolute Gasteiger partial charge is 0.140 e. The van der Waals surface area contributed by atoms with Crippen LogP contribution >= 0.6 is 11.6 Å². The standard InChI is InChI=1S/C11H21ClN4/c1-4-5-16-11(14-8-15-16)7-13-6-10(12)9(2)3/h8-10,13H,4-7H2,1-3H3. The summed E-state index contributed by atoms with van der Waals surface area (Å²) in [5, 5.41) is 7.65. The van der Waals surface area contributed by atoms with E-state index in [1.807, 2.05) is 4.68 Å². The molecular weight excluding hydrogens is 224 g/mol. The Kier molecular flexibility index (Phi) is 5.77. The Morgan fingerprint density at radius 2 is 2.25 bits per heavy atom. The lowest BCUT2D eigenvalue weighted by atomic mass is 10.1. The summed E-state index contributed by atoms with van der Waals surface area (Å²) in [5.41, 5.74) is 0. The number of hydrogen-bond donors (Lipinski definition) is 1. The molecule has 1 heterocycles. The average Bonchev–Trinajstić information content (AvgIpc) is 2.66. The molecule has 0 radical (unpaired) electrons. The van der Waals surface area contributed by atoms with Crippen LogP contribution in [-0.2, 0) is 13.1 Å². The van der Waals surface area contributed by atoms with Gasteiger partial charge in [-0.25, -0.2) is 9.67 Å². The van der Waals surface area contributed by atoms with Gasteiger partial charge < -0.3 is 5.32 Å². The number of rotatable bonds is 7. The lowest BCUT2D eigenvalue weighted by molar-refractivity contribution is 0.512. The lowest BCUT2D eigenvalue weighted by Crippen LogP contribution is -2.27. The predicted molar refractivity (Wildman–Crippen MR) is 66.5 cm³/mol. The number of aromatic nitrogens is 3. The first-order chi connectivity index (χ1) is 7.65. The van der Waals surface area contributed by atoms with Gasteiger partial charge in [0.1, 0.15) is 12.2 Å². The van der Waals surface area contributed by atoms with E-state index < -0.39 is 0 Å². The van der Waals surface area contributed by atoms with Gasteiger partial charge in [0.2, 0.25) is 0 Å². The summed E-state index contributed by atoms with van der Waals surface area (Å²) < 4.78 is 1.94. The maximum atomic E-state index is 6.15. The van der Waals surface area contributed by atoms with E-state index in [9.17, 15) is 0 Å². The van der Waals surface area contributed by atoms with E-state index in [4.69, 9.17) is 11.6 Å². The van der Waals surface area contributed by atoms with Crippen LogP contribution in [0.15, 0.2) is 6.33 Å².